The van der Waals surface area contributed by atoms with Crippen molar-refractivity contribution in [2.24, 2.45) is 11.8 Å². The third-order valence-corrected chi connectivity index (χ3v) is 24.4. The summed E-state index contributed by atoms with van der Waals surface area (Å²) in [5.74, 6) is -2.21. The van der Waals surface area contributed by atoms with Gasteiger partial charge in [0.05, 0.1) is 98.0 Å². The topological polar surface area (TPSA) is 287 Å². The molecule has 5 aromatic heterocycles. The highest BCUT2D eigenvalue weighted by Gasteiger charge is 2.33. The number of carboxylic acid groups (broad SMARTS) is 2. The van der Waals surface area contributed by atoms with E-state index in [1.165, 1.54) is 118 Å². The number of ether oxygens (including phenoxy) is 4. The number of carboxylic acids is 2. The molecule has 13 aromatic rings. The van der Waals surface area contributed by atoms with E-state index in [1.54, 1.807) is 42.9 Å². The second kappa shape index (κ2) is 51.7. The predicted octanol–water partition coefficient (Wildman–Crippen LogP) is 24.7. The number of alkyl halides is 1. The summed E-state index contributed by atoms with van der Waals surface area (Å²) in [6.07, 6.45) is 30.3. The highest BCUT2D eigenvalue weighted by atomic mass is 79.9. The molecular formula is C103H122BBr2F3N2O18. The number of rotatable bonds is 22. The molecule has 2 saturated heterocycles. The Bertz CT molecular complexity index is 5650. The van der Waals surface area contributed by atoms with E-state index in [2.05, 4.69) is 61.4 Å². The smallest absolute Gasteiger partial charge is 0.481 e. The molecule has 7 heterocycles. The zero-order chi connectivity index (χ0) is 87.6. The molecule has 0 atom stereocenters. The highest BCUT2D eigenvalue weighted by Crippen LogP contribution is 2.36. The Kier molecular flexibility index (Phi) is 41.3. The Morgan fingerprint density at radius 1 is 0.434 bits per heavy atom. The molecule has 5 saturated carbocycles. The first kappa shape index (κ1) is 103. The molecule has 0 amide bonds. The minimum atomic E-state index is -1.56. The van der Waals surface area contributed by atoms with Crippen molar-refractivity contribution in [3.8, 4) is 22.6 Å². The van der Waals surface area contributed by atoms with Crippen LogP contribution in [-0.4, -0.2) is 119 Å². The zero-order valence-electron chi connectivity index (χ0n) is 69.8. The van der Waals surface area contributed by atoms with Gasteiger partial charge in [-0.25, -0.2) is 13.2 Å². The van der Waals surface area contributed by atoms with Gasteiger partial charge in [-0.05, 0) is 231 Å². The number of carbonyl (C=O) groups excluding carboxylic acids is 2. The van der Waals surface area contributed by atoms with Gasteiger partial charge in [-0.3, -0.25) is 24.1 Å². The van der Waals surface area contributed by atoms with Crippen LogP contribution in [0, 0.1) is 29.3 Å². The number of hydrogen-bond donors (Lipinski definition) is 6. The van der Waals surface area contributed by atoms with Gasteiger partial charge in [0.15, 0.2) is 6.29 Å². The number of aliphatic hydroxyl groups excluding tert-OH is 1. The number of fused-ring (bicyclic) bond motifs is 5. The van der Waals surface area contributed by atoms with Crippen molar-refractivity contribution in [1.29, 1.82) is 0 Å². The minimum Gasteiger partial charge on any atom is -0.481 e. The number of halogens is 5. The molecule has 2 aliphatic heterocycles. The van der Waals surface area contributed by atoms with E-state index in [0.717, 1.165) is 124 Å². The Hall–Kier alpha value is -9.81. The molecule has 20 rings (SSSR count). The van der Waals surface area contributed by atoms with Gasteiger partial charge < -0.3 is 71.7 Å². The molecule has 8 aromatic carbocycles. The summed E-state index contributed by atoms with van der Waals surface area (Å²) in [6, 6.07) is 53.2. The second-order valence-electron chi connectivity index (χ2n) is 32.8. The van der Waals surface area contributed by atoms with Gasteiger partial charge in [0, 0.05) is 75.0 Å². The first-order chi connectivity index (χ1) is 60.7. The lowest BCUT2D eigenvalue weighted by molar-refractivity contribution is -0.148. The standard InChI is InChI=1S/C25H26FNO4.C21H19FO3.C14H17BO4.C14H16O2.C9H7BrO.C7H4BrFO.C5H10O.C4H7NO2.4CH4/c26-22-10-16(12-27-13-19(14-27)25(28)29)5-7-21(22)24-11-18-9-17(6-8-23(18)31-24)15-30-20-3-1-2-4-20;22-19-10-14(12-23)5-7-18(19)21-11-16-9-15(6-8-20(16)25-21)13-24-17-3-1-2-4-17;16-15(17)14-8-11-7-10(5-6-13(11)19-14)9-18-12-3-1-2-4-12;1-2-4-13(3-1)16-10-11-5-6-14-12(9-11)7-8-15-14;10-6-7-1-2-9-8(5-7)3-4-11-9;8-6-2-1-5(4-10)7(9)3-6;6-5-3-1-2-4-5;6-4(7)3-1-5-2-3;;;;/h5-11,19-20H,1-4,12-15H2,(H,28,29);5-12,17H,1-4,13H2;5-8,12,16-17H,1-4,9H2;5-9,13H,1-4,10H2;1-5H,6H2;1-4H;5-6H,1-4H2;3,5H,1-2H2,(H,6,7);4*1H4. The summed E-state index contributed by atoms with van der Waals surface area (Å²) in [5.41, 5.74) is 11.9. The van der Waals surface area contributed by atoms with Crippen LogP contribution in [0.4, 0.5) is 13.2 Å². The van der Waals surface area contributed by atoms with Crippen molar-refractivity contribution in [1.82, 2.24) is 10.2 Å². The minimum absolute atomic E-state index is 0. The van der Waals surface area contributed by atoms with E-state index in [-0.39, 0.29) is 64.7 Å². The van der Waals surface area contributed by atoms with Crippen molar-refractivity contribution in [2.45, 2.75) is 227 Å². The maximum atomic E-state index is 14.8. The van der Waals surface area contributed by atoms with Crippen LogP contribution < -0.4 is 11.0 Å². The highest BCUT2D eigenvalue weighted by molar-refractivity contribution is 9.10. The maximum absolute atomic E-state index is 14.8. The number of furan rings is 5. The quantitative estimate of drug-likeness (QED) is 0.0209. The summed E-state index contributed by atoms with van der Waals surface area (Å²) < 4.78 is 93.4. The van der Waals surface area contributed by atoms with Crippen LogP contribution in [0.15, 0.2) is 215 Å². The maximum Gasteiger partial charge on any atom is 0.526 e. The lowest BCUT2D eigenvalue weighted by Gasteiger charge is -2.36. The third-order valence-electron chi connectivity index (χ3n) is 23.3. The van der Waals surface area contributed by atoms with Gasteiger partial charge >= 0.3 is 19.1 Å². The molecule has 129 heavy (non-hydrogen) atoms. The van der Waals surface area contributed by atoms with Gasteiger partial charge in [-0.2, -0.15) is 0 Å². The summed E-state index contributed by atoms with van der Waals surface area (Å²) in [7, 11) is -1.56. The van der Waals surface area contributed by atoms with Crippen LogP contribution in [0.2, 0.25) is 0 Å². The number of nitrogens with one attached hydrogen (secondary N) is 1. The third kappa shape index (κ3) is 30.4. The van der Waals surface area contributed by atoms with E-state index in [4.69, 9.17) is 66.4 Å². The van der Waals surface area contributed by atoms with Gasteiger partial charge in [0.2, 0.25) is 0 Å². The second-order valence-corrected chi connectivity index (χ2v) is 34.2. The van der Waals surface area contributed by atoms with Crippen LogP contribution in [-0.2, 0) is 66.8 Å². The fraction of sp³-hybridized carbons (Fsp3) is 0.398. The van der Waals surface area contributed by atoms with Gasteiger partial charge in [0.1, 0.15) is 68.8 Å². The summed E-state index contributed by atoms with van der Waals surface area (Å²) in [6.45, 7) is 5.36. The molecule has 0 bridgehead atoms. The molecule has 0 unspecified atom stereocenters. The number of hydrogen-bond acceptors (Lipinski definition) is 18. The molecule has 0 spiro atoms. The average molecular weight is 1900 g/mol. The Balaban J connectivity index is 0.000000174. The average Bonchev–Trinajstić information content (AvgIpc) is 1.68. The van der Waals surface area contributed by atoms with Crippen LogP contribution in [0.5, 0.6) is 0 Å². The summed E-state index contributed by atoms with van der Waals surface area (Å²) >= 11 is 6.47. The lowest BCUT2D eigenvalue weighted by atomic mass is 9.88. The van der Waals surface area contributed by atoms with Crippen molar-refractivity contribution in [2.75, 3.05) is 26.2 Å². The number of nitrogens with zero attached hydrogens (tertiary/aromatic N) is 1. The number of aliphatic hydroxyl groups is 1. The van der Waals surface area contributed by atoms with Crippen LogP contribution in [0.25, 0.3) is 77.5 Å². The van der Waals surface area contributed by atoms with Crippen molar-refractivity contribution in [3.05, 3.63) is 255 Å². The molecule has 6 N–H and O–H groups in total. The SMILES string of the molecule is BrCc1ccc2occc2c1.C.C.C.C.O=C(O)C1CN(Cc2ccc(-c3cc4cc(COC5CCCC5)ccc4o3)c(F)c2)C1.O=C(O)C1CNC1.O=Cc1ccc(-c2cc3cc(COC4CCCC4)ccc3o2)c(F)c1.O=Cc1ccc(Br)cc1F.OB(O)c1cc2cc(COC3CCCC3)ccc2o1.OC1CCCC1.c1cc2cc(COC3CCCC3)ccc2o1. The van der Waals surface area contributed by atoms with Gasteiger partial charge in [0.25, 0.3) is 0 Å². The summed E-state index contributed by atoms with van der Waals surface area (Å²) in [4.78, 5) is 43.7. The molecule has 26 heteroatoms. The monoisotopic (exact) mass is 1900 g/mol. The normalized spacial score (nSPS) is 15.8. The number of aldehydes is 2. The lowest BCUT2D eigenvalue weighted by Crippen LogP contribution is -2.49. The zero-order valence-corrected chi connectivity index (χ0v) is 72.9. The van der Waals surface area contributed by atoms with Gasteiger partial charge in [-0.1, -0.05) is 168 Å². The van der Waals surface area contributed by atoms with E-state index in [1.807, 2.05) is 102 Å². The van der Waals surface area contributed by atoms with Crippen LogP contribution in [0.3, 0.4) is 0 Å². The Labute approximate surface area is 770 Å². The van der Waals surface area contributed by atoms with Crippen LogP contribution in [0.1, 0.15) is 212 Å². The van der Waals surface area contributed by atoms with Crippen molar-refractivity contribution < 1.29 is 98.8 Å². The Morgan fingerprint density at radius 3 is 1.20 bits per heavy atom. The molecule has 0 radical (unpaired) electrons. The largest absolute Gasteiger partial charge is 0.526 e. The van der Waals surface area contributed by atoms with Crippen molar-refractivity contribution >= 4 is 124 Å². The van der Waals surface area contributed by atoms with E-state index in [0.29, 0.717) is 133 Å². The molecule has 5 aliphatic carbocycles. The predicted molar refractivity (Wildman–Crippen MR) is 509 cm³/mol. The molecule has 20 nitrogen and oxygen atoms in total. The number of aliphatic carboxylic acids is 2. The first-order valence-electron chi connectivity index (χ1n) is 43.1. The van der Waals surface area contributed by atoms with Crippen LogP contribution >= 0.6 is 31.9 Å². The van der Waals surface area contributed by atoms with Gasteiger partial charge in [-0.15, -0.1) is 0 Å². The summed E-state index contributed by atoms with van der Waals surface area (Å²) in [5, 5.41) is 52.9. The molecule has 7 fully saturated rings. The molecular weight excluding hydrogens is 1780 g/mol. The van der Waals surface area contributed by atoms with E-state index in [9.17, 15) is 32.3 Å². The number of likely N-dealkylation sites (tertiary alicyclic amines) is 1. The fourth-order valence-corrected chi connectivity index (χ4v) is 16.7. The van der Waals surface area contributed by atoms with E-state index < -0.39 is 30.7 Å². The van der Waals surface area contributed by atoms with Crippen molar-refractivity contribution in [3.63, 3.8) is 0 Å². The number of carbonyl (C=O) groups is 4. The Morgan fingerprint density at radius 2 is 0.829 bits per heavy atom. The fourth-order valence-electron chi connectivity index (χ4n) is 16.0. The van der Waals surface area contributed by atoms with E-state index >= 15 is 0 Å². The molecule has 690 valence electrons. The first-order valence-corrected chi connectivity index (χ1v) is 45.1. The molecule has 7 aliphatic rings. The number of benzene rings is 8.